The Morgan fingerprint density at radius 2 is 0.870 bits per heavy atom. The number of nitrogens with one attached hydrogen (secondary N) is 2. The molecule has 0 radical (unpaired) electrons. The van der Waals surface area contributed by atoms with Crippen molar-refractivity contribution in [3.8, 4) is 0 Å². The van der Waals surface area contributed by atoms with Gasteiger partial charge in [-0.25, -0.2) is 26.3 Å². The summed E-state index contributed by atoms with van der Waals surface area (Å²) in [5, 5.41) is 7.20. The van der Waals surface area contributed by atoms with Crippen molar-refractivity contribution in [3.63, 3.8) is 0 Å². The molecule has 6 aromatic carbocycles. The van der Waals surface area contributed by atoms with Crippen molar-refractivity contribution in [2.45, 2.75) is 237 Å². The number of likely N-dealkylation sites (tertiary alicyclic amines) is 5. The van der Waals surface area contributed by atoms with Gasteiger partial charge in [0, 0.05) is 196 Å². The predicted octanol–water partition coefficient (Wildman–Crippen LogP) is 17.0. The van der Waals surface area contributed by atoms with E-state index in [1.165, 1.54) is 54.4 Å². The number of carbonyl (C=O) groups excluding carboxylic acids is 7. The average molecular weight is 1740 g/mol. The summed E-state index contributed by atoms with van der Waals surface area (Å²) in [6.07, 6.45) is 7.65. The molecule has 25 heteroatoms. The summed E-state index contributed by atoms with van der Waals surface area (Å²) in [5.41, 5.74) is 12.5. The van der Waals surface area contributed by atoms with Gasteiger partial charge in [0.2, 0.25) is 35.4 Å². The van der Waals surface area contributed by atoms with E-state index in [-0.39, 0.29) is 98.4 Å². The van der Waals surface area contributed by atoms with Crippen LogP contribution in [0.2, 0.25) is 10.0 Å². The third-order valence-electron chi connectivity index (χ3n) is 29.0. The fourth-order valence-electron chi connectivity index (χ4n) is 21.9. The van der Waals surface area contributed by atoms with Gasteiger partial charge in [0.15, 0.2) is 0 Å². The number of amides is 6. The van der Waals surface area contributed by atoms with Gasteiger partial charge >= 0.3 is 0 Å². The molecule has 6 amide bonds. The first-order valence-corrected chi connectivity index (χ1v) is 44.9. The van der Waals surface area contributed by atoms with Crippen molar-refractivity contribution in [3.05, 3.63) is 198 Å². The molecule has 3 spiro atoms. The average Bonchev–Trinajstić information content (AvgIpc) is 1.58. The Hall–Kier alpha value is -8.19. The molecule has 6 aromatic rings. The highest BCUT2D eigenvalue weighted by molar-refractivity contribution is 6.32. The second-order valence-corrected chi connectivity index (χ2v) is 40.8. The van der Waals surface area contributed by atoms with Gasteiger partial charge in [0.05, 0.1) is 22.7 Å². The molecule has 6 fully saturated rings. The number of hydrogen-bond acceptors (Lipinski definition) is 11. The first-order chi connectivity index (χ1) is 57.8. The Bertz CT molecular complexity index is 5020. The zero-order valence-corrected chi connectivity index (χ0v) is 75.7. The molecule has 7 aliphatic heterocycles. The van der Waals surface area contributed by atoms with Gasteiger partial charge in [-0.05, 0) is 265 Å². The molecule has 15 rings (SSSR count). The fourth-order valence-corrected chi connectivity index (χ4v) is 22.2. The summed E-state index contributed by atoms with van der Waals surface area (Å²) in [6, 6.07) is 27.4. The summed E-state index contributed by atoms with van der Waals surface area (Å²) in [5.74, 6) is -5.78. The van der Waals surface area contributed by atoms with E-state index in [0.29, 0.717) is 157 Å². The maximum absolute atomic E-state index is 15.0. The number of anilines is 2. The van der Waals surface area contributed by atoms with Crippen LogP contribution in [0.3, 0.4) is 0 Å². The zero-order chi connectivity index (χ0) is 89.3. The summed E-state index contributed by atoms with van der Waals surface area (Å²) >= 11 is 13.1. The van der Waals surface area contributed by atoms with Crippen molar-refractivity contribution >= 4 is 75.8 Å². The normalized spacial score (nSPS) is 24.5. The van der Waals surface area contributed by atoms with E-state index < -0.39 is 63.5 Å². The number of hydrogen-bond donors (Lipinski definition) is 3. The van der Waals surface area contributed by atoms with Crippen molar-refractivity contribution in [1.82, 2.24) is 35.1 Å². The number of halogens is 8. The predicted molar refractivity (Wildman–Crippen MR) is 471 cm³/mol. The molecule has 4 N–H and O–H groups in total. The van der Waals surface area contributed by atoms with E-state index >= 15 is 0 Å². The molecule has 17 nitrogen and oxygen atoms in total. The van der Waals surface area contributed by atoms with Crippen LogP contribution in [-0.2, 0) is 49.8 Å². The van der Waals surface area contributed by atoms with Crippen molar-refractivity contribution < 1.29 is 59.9 Å². The number of nitrogens with two attached hydrogens (primary N) is 1. The zero-order valence-electron chi connectivity index (χ0n) is 74.2. The SMILES string of the molecule is CC(=O)NC(C)(C)C1CC2(CCC(C(=O)[C@@H]3CN(C(C)(C)C)C[C@H]3c3ccc(F)cc3F)CC2)c2ccccc21.CC(=O)NCCCN1C(=O)C2(CCN(C(=O)[C@@H]3CN(C(C)(C)C)C[C@H]3c3ccc(F)cc3F)CC2)c2cc(Cl)c(C)cc21.Cc1cc2c(cc1Cl)C1(CCN(C(=O)[C@@H]3CN(C(C)(C)C)C[C@H]3c3ccc(F)cc3F)CC1)C(=O)N2CCCN. The van der Waals surface area contributed by atoms with Crippen LogP contribution in [0, 0.1) is 72.4 Å². The minimum Gasteiger partial charge on any atom is -0.356 e. The molecule has 7 atom stereocenters. The lowest BCUT2D eigenvalue weighted by Crippen LogP contribution is -2.52. The van der Waals surface area contributed by atoms with Crippen molar-refractivity contribution in [2.75, 3.05) is 101 Å². The van der Waals surface area contributed by atoms with E-state index in [2.05, 4.69) is 126 Å². The summed E-state index contributed by atoms with van der Waals surface area (Å²) in [7, 11) is 0. The quantitative estimate of drug-likeness (QED) is 0.0617. The number of Topliss-reactive ketones (excluding diaryl/α,β-unsaturated/α-hetero) is 1. The first-order valence-electron chi connectivity index (χ1n) is 44.1. The smallest absolute Gasteiger partial charge is 0.237 e. The summed E-state index contributed by atoms with van der Waals surface area (Å²) < 4.78 is 86.0. The minimum atomic E-state index is -0.785. The lowest BCUT2D eigenvalue weighted by Gasteiger charge is -2.40. The fraction of sp³-hybridized carbons (Fsp3) is 0.561. The van der Waals surface area contributed by atoms with Gasteiger partial charge in [-0.3, -0.25) is 48.3 Å². The number of rotatable bonds is 16. The molecule has 7 heterocycles. The topological polar surface area (TPSA) is 192 Å². The lowest BCUT2D eigenvalue weighted by atomic mass is 9.64. The largest absolute Gasteiger partial charge is 0.356 e. The Balaban J connectivity index is 0.000000159. The number of nitrogens with zero attached hydrogens (tertiary/aromatic N) is 7. The third kappa shape index (κ3) is 18.6. The van der Waals surface area contributed by atoms with Crippen LogP contribution in [0.4, 0.5) is 37.7 Å². The molecular weight excluding hydrogens is 1610 g/mol. The van der Waals surface area contributed by atoms with E-state index in [1.54, 1.807) is 6.92 Å². The molecule has 664 valence electrons. The van der Waals surface area contributed by atoms with Crippen molar-refractivity contribution in [2.24, 2.45) is 29.4 Å². The highest BCUT2D eigenvalue weighted by atomic mass is 35.5. The summed E-state index contributed by atoms with van der Waals surface area (Å²) in [4.78, 5) is 108. The highest BCUT2D eigenvalue weighted by Crippen LogP contribution is 2.59. The number of benzene rings is 6. The van der Waals surface area contributed by atoms with Gasteiger partial charge in [0.25, 0.3) is 0 Å². The lowest BCUT2D eigenvalue weighted by molar-refractivity contribution is -0.139. The van der Waals surface area contributed by atoms with Gasteiger partial charge in [-0.1, -0.05) is 65.7 Å². The number of piperidine rings is 2. The van der Waals surface area contributed by atoms with Crippen LogP contribution in [0.5, 0.6) is 0 Å². The third-order valence-corrected chi connectivity index (χ3v) is 29.8. The van der Waals surface area contributed by atoms with Crippen LogP contribution in [-0.4, -0.2) is 180 Å². The maximum Gasteiger partial charge on any atom is 0.237 e. The second-order valence-electron chi connectivity index (χ2n) is 40.0. The molecule has 5 saturated heterocycles. The van der Waals surface area contributed by atoms with Gasteiger partial charge < -0.3 is 36.0 Å². The highest BCUT2D eigenvalue weighted by Gasteiger charge is 2.58. The monoisotopic (exact) mass is 1740 g/mol. The Kier molecular flexibility index (Phi) is 27.0. The van der Waals surface area contributed by atoms with Crippen LogP contribution in [0.25, 0.3) is 0 Å². The molecular formula is C98H124Cl2F6N10O7. The number of ketones is 1. The molecule has 9 aliphatic rings. The number of carbonyl (C=O) groups is 7. The molecule has 1 saturated carbocycles. The second kappa shape index (κ2) is 35.9. The number of fused-ring (bicyclic) bond motifs is 6. The number of aryl methyl sites for hydroxylation is 2. The Morgan fingerprint density at radius 3 is 1.25 bits per heavy atom. The summed E-state index contributed by atoms with van der Waals surface area (Å²) in [6.45, 7) is 36.7. The van der Waals surface area contributed by atoms with Crippen LogP contribution < -0.4 is 26.2 Å². The van der Waals surface area contributed by atoms with Crippen LogP contribution in [0.15, 0.2) is 103 Å². The first kappa shape index (κ1) is 92.5. The standard InChI is InChI=1S/C34H44F2N2O2.C33H41ClF2N4O3.C31H39ClF2N4O2/c1-21(39)37-33(5,6)29-18-34(28-10-8-7-9-25(28)29)15-13-22(14-16-34)31(40)27-20-38(32(2,3)4)19-26(27)24-12-11-23(35)17-30(24)36;1-20-15-29-26(17-27(20)34)33(31(43)40(29)12-6-11-37-21(2)41)9-13-38(14-10-33)30(42)25-19-39(32(3,4)5)18-24(25)23-8-7-22(35)16-28(23)36;1-19-14-27-24(16-25(19)32)31(29(40)38(27)11-5-10-35)8-12-36(13-9-31)28(39)23-18-37(30(2,3)4)17-22(23)21-7-6-20(33)15-26(21)34/h7-12,17,22,26-27,29H,13-16,18-20H2,1-6H3,(H,37,39);7-8,15-17,24-25H,6,9-14,18-19H2,1-5H3,(H,37,41);6-7,14-16,22-23H,5,8-13,17-18,35H2,1-4H3/t22?,26-,27+,29?,34?;24-,25+;22-,23+/m000/s1. The van der Waals surface area contributed by atoms with E-state index in [9.17, 15) is 59.9 Å². The molecule has 0 aromatic heterocycles. The van der Waals surface area contributed by atoms with Crippen LogP contribution in [0.1, 0.15) is 234 Å². The minimum absolute atomic E-state index is 0.00334. The maximum atomic E-state index is 15.0. The molecule has 1 unspecified atom stereocenters. The Morgan fingerprint density at radius 1 is 0.480 bits per heavy atom. The molecule has 2 aliphatic carbocycles. The van der Waals surface area contributed by atoms with E-state index in [0.717, 1.165) is 83.9 Å². The molecule has 0 bridgehead atoms. The Labute approximate surface area is 732 Å². The van der Waals surface area contributed by atoms with E-state index in [1.807, 2.05) is 57.7 Å². The van der Waals surface area contributed by atoms with Crippen LogP contribution >= 0.6 is 23.2 Å². The van der Waals surface area contributed by atoms with Crippen molar-refractivity contribution in [1.29, 1.82) is 0 Å². The van der Waals surface area contributed by atoms with Gasteiger partial charge in [-0.15, -0.1) is 0 Å². The van der Waals surface area contributed by atoms with Gasteiger partial charge in [0.1, 0.15) is 40.7 Å². The molecule has 123 heavy (non-hydrogen) atoms. The van der Waals surface area contributed by atoms with E-state index in [4.69, 9.17) is 28.9 Å². The van der Waals surface area contributed by atoms with Gasteiger partial charge in [-0.2, -0.15) is 0 Å².